The van der Waals surface area contributed by atoms with Crippen LogP contribution in [-0.2, 0) is 6.42 Å². The molecule has 0 spiro atoms. The van der Waals surface area contributed by atoms with Crippen molar-refractivity contribution in [2.45, 2.75) is 40.2 Å². The maximum Gasteiger partial charge on any atom is 0.0291 e. The molecule has 0 aliphatic rings. The number of hydrogen-bond donors (Lipinski definition) is 1. The Labute approximate surface area is 129 Å². The molecule has 2 rings (SSSR count). The monoisotopic (exact) mass is 281 g/mol. The predicted molar refractivity (Wildman–Crippen MR) is 92.5 cm³/mol. The lowest BCUT2D eigenvalue weighted by Gasteiger charge is -2.13. The first-order chi connectivity index (χ1) is 10.1. The molecule has 0 radical (unpaired) electrons. The molecule has 0 aromatic heterocycles. The Kier molecular flexibility index (Phi) is 5.58. The van der Waals surface area contributed by atoms with Gasteiger partial charge in [-0.2, -0.15) is 0 Å². The first-order valence-electron chi connectivity index (χ1n) is 8.02. The van der Waals surface area contributed by atoms with Crippen molar-refractivity contribution in [3.63, 3.8) is 0 Å². The first kappa shape index (κ1) is 15.8. The van der Waals surface area contributed by atoms with Gasteiger partial charge in [-0.25, -0.2) is 0 Å². The second kappa shape index (κ2) is 7.42. The van der Waals surface area contributed by atoms with E-state index in [9.17, 15) is 0 Å². The lowest BCUT2D eigenvalue weighted by molar-refractivity contribution is 0.598. The van der Waals surface area contributed by atoms with Crippen molar-refractivity contribution in [1.82, 2.24) is 5.32 Å². The van der Waals surface area contributed by atoms with Crippen LogP contribution in [0, 0.1) is 5.92 Å². The van der Waals surface area contributed by atoms with Crippen LogP contribution in [0.4, 0.5) is 0 Å². The van der Waals surface area contributed by atoms with Gasteiger partial charge in [0.05, 0.1) is 0 Å². The largest absolute Gasteiger partial charge is 0.310 e. The first-order valence-corrected chi connectivity index (χ1v) is 8.02. The van der Waals surface area contributed by atoms with Crippen molar-refractivity contribution in [3.05, 3.63) is 59.7 Å². The summed E-state index contributed by atoms with van der Waals surface area (Å²) in [6.07, 6.45) is 1.15. The van der Waals surface area contributed by atoms with Gasteiger partial charge in [-0.3, -0.25) is 0 Å². The van der Waals surface area contributed by atoms with Crippen molar-refractivity contribution in [1.29, 1.82) is 0 Å². The molecule has 0 bridgehead atoms. The van der Waals surface area contributed by atoms with Crippen molar-refractivity contribution in [2.24, 2.45) is 5.92 Å². The van der Waals surface area contributed by atoms with Gasteiger partial charge in [0.2, 0.25) is 0 Å². The SMILES string of the molecule is CCNC(C)c1ccc(-c2ccc(CC(C)C)cc2)cc1. The van der Waals surface area contributed by atoms with E-state index >= 15 is 0 Å². The zero-order chi connectivity index (χ0) is 15.2. The van der Waals surface area contributed by atoms with Crippen LogP contribution in [-0.4, -0.2) is 6.54 Å². The quantitative estimate of drug-likeness (QED) is 0.765. The van der Waals surface area contributed by atoms with E-state index in [2.05, 4.69) is 81.5 Å². The van der Waals surface area contributed by atoms with Crippen molar-refractivity contribution >= 4 is 0 Å². The molecule has 1 nitrogen and oxygen atoms in total. The zero-order valence-electron chi connectivity index (χ0n) is 13.7. The fraction of sp³-hybridized carbons (Fsp3) is 0.400. The Bertz CT molecular complexity index is 537. The van der Waals surface area contributed by atoms with E-state index in [0.29, 0.717) is 12.0 Å². The van der Waals surface area contributed by atoms with Gasteiger partial charge in [0.15, 0.2) is 0 Å². The summed E-state index contributed by atoms with van der Waals surface area (Å²) in [6, 6.07) is 18.3. The normalized spacial score (nSPS) is 12.6. The molecule has 1 N–H and O–H groups in total. The van der Waals surface area contributed by atoms with E-state index in [1.807, 2.05) is 0 Å². The van der Waals surface area contributed by atoms with Gasteiger partial charge >= 0.3 is 0 Å². The summed E-state index contributed by atoms with van der Waals surface area (Å²) in [4.78, 5) is 0. The van der Waals surface area contributed by atoms with Gasteiger partial charge in [0, 0.05) is 6.04 Å². The minimum atomic E-state index is 0.414. The third-order valence-electron chi connectivity index (χ3n) is 3.85. The summed E-state index contributed by atoms with van der Waals surface area (Å²) in [7, 11) is 0. The minimum absolute atomic E-state index is 0.414. The summed E-state index contributed by atoms with van der Waals surface area (Å²) in [5, 5.41) is 3.45. The predicted octanol–water partition coefficient (Wildman–Crippen LogP) is 5.22. The van der Waals surface area contributed by atoms with Gasteiger partial charge in [-0.1, -0.05) is 69.3 Å². The van der Waals surface area contributed by atoms with Crippen LogP contribution in [0.15, 0.2) is 48.5 Å². The third kappa shape index (κ3) is 4.44. The van der Waals surface area contributed by atoms with Crippen LogP contribution in [0.1, 0.15) is 44.9 Å². The van der Waals surface area contributed by atoms with Gasteiger partial charge < -0.3 is 5.32 Å². The topological polar surface area (TPSA) is 12.0 Å². The minimum Gasteiger partial charge on any atom is -0.310 e. The van der Waals surface area contributed by atoms with Crippen molar-refractivity contribution < 1.29 is 0 Å². The molecule has 0 fully saturated rings. The van der Waals surface area contributed by atoms with E-state index in [1.165, 1.54) is 22.3 Å². The number of rotatable bonds is 6. The maximum absolute atomic E-state index is 3.45. The Morgan fingerprint density at radius 2 is 1.33 bits per heavy atom. The molecular formula is C20H27N. The number of benzene rings is 2. The maximum atomic E-state index is 3.45. The summed E-state index contributed by atoms with van der Waals surface area (Å²) >= 11 is 0. The highest BCUT2D eigenvalue weighted by atomic mass is 14.9. The lowest BCUT2D eigenvalue weighted by atomic mass is 9.98. The number of nitrogens with one attached hydrogen (secondary N) is 1. The van der Waals surface area contributed by atoms with Gasteiger partial charge in [-0.15, -0.1) is 0 Å². The molecule has 0 saturated heterocycles. The van der Waals surface area contributed by atoms with Crippen LogP contribution in [0.3, 0.4) is 0 Å². The molecule has 0 aliphatic carbocycles. The zero-order valence-corrected chi connectivity index (χ0v) is 13.7. The fourth-order valence-electron chi connectivity index (χ4n) is 2.69. The Morgan fingerprint density at radius 3 is 1.81 bits per heavy atom. The molecule has 1 atom stereocenters. The molecule has 1 heteroatoms. The van der Waals surface area contributed by atoms with Crippen LogP contribution in [0.25, 0.3) is 11.1 Å². The van der Waals surface area contributed by atoms with E-state index < -0.39 is 0 Å². The second-order valence-electron chi connectivity index (χ2n) is 6.20. The number of hydrogen-bond acceptors (Lipinski definition) is 1. The van der Waals surface area contributed by atoms with Crippen LogP contribution >= 0.6 is 0 Å². The summed E-state index contributed by atoms with van der Waals surface area (Å²) in [6.45, 7) is 9.87. The molecule has 112 valence electrons. The Hall–Kier alpha value is -1.60. The lowest BCUT2D eigenvalue weighted by Crippen LogP contribution is -2.17. The highest BCUT2D eigenvalue weighted by Crippen LogP contribution is 2.23. The van der Waals surface area contributed by atoms with Crippen LogP contribution in [0.2, 0.25) is 0 Å². The highest BCUT2D eigenvalue weighted by molar-refractivity contribution is 5.64. The molecule has 1 unspecified atom stereocenters. The summed E-state index contributed by atoms with van der Waals surface area (Å²) < 4.78 is 0. The van der Waals surface area contributed by atoms with Crippen molar-refractivity contribution in [3.8, 4) is 11.1 Å². The molecule has 0 amide bonds. The van der Waals surface area contributed by atoms with Gasteiger partial charge in [0.25, 0.3) is 0 Å². The van der Waals surface area contributed by atoms with Crippen molar-refractivity contribution in [2.75, 3.05) is 6.54 Å². The summed E-state index contributed by atoms with van der Waals surface area (Å²) in [5.74, 6) is 0.711. The molecular weight excluding hydrogens is 254 g/mol. The van der Waals surface area contributed by atoms with Gasteiger partial charge in [0.1, 0.15) is 0 Å². The Morgan fingerprint density at radius 1 is 0.810 bits per heavy atom. The van der Waals surface area contributed by atoms with E-state index in [-0.39, 0.29) is 0 Å². The standard InChI is InChI=1S/C20H27N/c1-5-21-16(4)18-10-12-20(13-11-18)19-8-6-17(7-9-19)14-15(2)3/h6-13,15-16,21H,5,14H2,1-4H3. The average molecular weight is 281 g/mol. The van der Waals surface area contributed by atoms with E-state index in [0.717, 1.165) is 13.0 Å². The Balaban J connectivity index is 2.11. The molecule has 0 saturated carbocycles. The molecule has 0 aliphatic heterocycles. The molecule has 21 heavy (non-hydrogen) atoms. The second-order valence-corrected chi connectivity index (χ2v) is 6.20. The van der Waals surface area contributed by atoms with Crippen LogP contribution < -0.4 is 5.32 Å². The molecule has 2 aromatic carbocycles. The van der Waals surface area contributed by atoms with E-state index in [1.54, 1.807) is 0 Å². The molecule has 0 heterocycles. The van der Waals surface area contributed by atoms with Crippen LogP contribution in [0.5, 0.6) is 0 Å². The summed E-state index contributed by atoms with van der Waals surface area (Å²) in [5.41, 5.74) is 5.35. The average Bonchev–Trinajstić information content (AvgIpc) is 2.48. The van der Waals surface area contributed by atoms with E-state index in [4.69, 9.17) is 0 Å². The smallest absolute Gasteiger partial charge is 0.0291 e. The third-order valence-corrected chi connectivity index (χ3v) is 3.85. The fourth-order valence-corrected chi connectivity index (χ4v) is 2.69. The highest BCUT2D eigenvalue weighted by Gasteiger charge is 2.04. The van der Waals surface area contributed by atoms with Gasteiger partial charge in [-0.05, 0) is 48.1 Å². The molecule has 2 aromatic rings.